The second kappa shape index (κ2) is 5.46. The number of carbonyl (C=O) groups is 2. The van der Waals surface area contributed by atoms with Gasteiger partial charge in [0.1, 0.15) is 0 Å². The van der Waals surface area contributed by atoms with Crippen molar-refractivity contribution < 1.29 is 14.3 Å². The number of rotatable bonds is 5. The maximum atomic E-state index is 11.4. The maximum Gasteiger partial charge on any atom is 0.317 e. The van der Waals surface area contributed by atoms with Crippen molar-refractivity contribution in [3.05, 3.63) is 0 Å². The van der Waals surface area contributed by atoms with Crippen molar-refractivity contribution in [2.24, 2.45) is 23.7 Å². The third-order valence-corrected chi connectivity index (χ3v) is 3.24. The van der Waals surface area contributed by atoms with E-state index < -0.39 is 0 Å². The van der Waals surface area contributed by atoms with Gasteiger partial charge in [0.05, 0.1) is 12.3 Å². The molecule has 0 bridgehead atoms. The quantitative estimate of drug-likeness (QED) is 0.535. The number of carbonyl (C=O) groups excluding carboxylic acids is 2. The van der Waals surface area contributed by atoms with Crippen molar-refractivity contribution in [3.63, 3.8) is 0 Å². The van der Waals surface area contributed by atoms with Crippen molar-refractivity contribution in [2.45, 2.75) is 47.0 Å². The Morgan fingerprint density at radius 3 is 2.25 bits per heavy atom. The molecule has 3 heteroatoms. The molecule has 1 aliphatic heterocycles. The third-order valence-electron chi connectivity index (χ3n) is 3.24. The van der Waals surface area contributed by atoms with Crippen LogP contribution in [-0.2, 0) is 14.3 Å². The average molecular weight is 226 g/mol. The van der Waals surface area contributed by atoms with Gasteiger partial charge < -0.3 is 4.74 Å². The zero-order valence-corrected chi connectivity index (χ0v) is 10.7. The fourth-order valence-electron chi connectivity index (χ4n) is 2.63. The van der Waals surface area contributed by atoms with Gasteiger partial charge in [-0.3, -0.25) is 9.59 Å². The molecule has 3 nitrogen and oxygen atoms in total. The lowest BCUT2D eigenvalue weighted by molar-refractivity contribution is -0.153. The summed E-state index contributed by atoms with van der Waals surface area (Å²) in [4.78, 5) is 22.4. The molecule has 92 valence electrons. The topological polar surface area (TPSA) is 43.4 Å². The molecule has 0 aliphatic carbocycles. The average Bonchev–Trinajstić information content (AvgIpc) is 2.43. The normalized spacial score (nSPS) is 24.7. The molecular weight excluding hydrogens is 204 g/mol. The molecule has 0 spiro atoms. The van der Waals surface area contributed by atoms with Crippen LogP contribution in [0, 0.1) is 23.7 Å². The van der Waals surface area contributed by atoms with E-state index in [1.807, 2.05) is 6.92 Å². The Hall–Kier alpha value is -0.860. The maximum absolute atomic E-state index is 11.4. The lowest BCUT2D eigenvalue weighted by Crippen LogP contribution is -2.19. The minimum atomic E-state index is -0.363. The molecular formula is C13H22O3. The van der Waals surface area contributed by atoms with Gasteiger partial charge in [-0.25, -0.2) is 0 Å². The molecule has 1 aliphatic rings. The minimum absolute atomic E-state index is 0.206. The van der Waals surface area contributed by atoms with Crippen LogP contribution in [0.2, 0.25) is 0 Å². The molecule has 1 saturated heterocycles. The molecule has 0 radical (unpaired) electrons. The first-order chi connectivity index (χ1) is 7.40. The Balaban J connectivity index is 2.43. The van der Waals surface area contributed by atoms with E-state index in [-0.39, 0.29) is 30.2 Å². The molecule has 0 aromatic carbocycles. The second-order valence-corrected chi connectivity index (χ2v) is 5.55. The van der Waals surface area contributed by atoms with Crippen molar-refractivity contribution >= 4 is 11.9 Å². The summed E-state index contributed by atoms with van der Waals surface area (Å²) in [5.74, 6) is 0.625. The summed E-state index contributed by atoms with van der Waals surface area (Å²) in [7, 11) is 0. The highest BCUT2D eigenvalue weighted by molar-refractivity contribution is 5.94. The van der Waals surface area contributed by atoms with Crippen molar-refractivity contribution in [1.82, 2.24) is 0 Å². The van der Waals surface area contributed by atoms with Crippen LogP contribution in [0.3, 0.4) is 0 Å². The van der Waals surface area contributed by atoms with Crippen LogP contribution in [0.4, 0.5) is 0 Å². The van der Waals surface area contributed by atoms with Gasteiger partial charge in [0.2, 0.25) is 0 Å². The molecule has 0 N–H and O–H groups in total. The largest absolute Gasteiger partial charge is 0.393 e. The standard InChI is InChI=1S/C13H22O3/c1-8(2)5-9(3)6-10(4)11-7-12(14)16-13(11)15/h8-11H,5-7H2,1-4H3. The zero-order valence-electron chi connectivity index (χ0n) is 10.7. The van der Waals surface area contributed by atoms with E-state index in [0.717, 1.165) is 6.42 Å². The molecule has 0 aromatic heterocycles. The Kier molecular flexibility index (Phi) is 4.51. The first-order valence-electron chi connectivity index (χ1n) is 6.14. The van der Waals surface area contributed by atoms with Crippen LogP contribution in [0.5, 0.6) is 0 Å². The SMILES string of the molecule is CC(C)CC(C)CC(C)C1CC(=O)OC1=O. The highest BCUT2D eigenvalue weighted by atomic mass is 16.6. The monoisotopic (exact) mass is 226 g/mol. The summed E-state index contributed by atoms with van der Waals surface area (Å²) in [5.41, 5.74) is 0. The molecule has 16 heavy (non-hydrogen) atoms. The van der Waals surface area contributed by atoms with E-state index in [1.54, 1.807) is 0 Å². The van der Waals surface area contributed by atoms with Gasteiger partial charge in [-0.05, 0) is 30.6 Å². The van der Waals surface area contributed by atoms with Gasteiger partial charge in [0.25, 0.3) is 0 Å². The molecule has 1 heterocycles. The van der Waals surface area contributed by atoms with Gasteiger partial charge in [-0.15, -0.1) is 0 Å². The molecule has 3 unspecified atom stereocenters. The third kappa shape index (κ3) is 3.62. The zero-order chi connectivity index (χ0) is 12.3. The molecule has 0 amide bonds. The smallest absolute Gasteiger partial charge is 0.317 e. The molecule has 0 aromatic rings. The second-order valence-electron chi connectivity index (χ2n) is 5.55. The summed E-state index contributed by atoms with van der Waals surface area (Å²) >= 11 is 0. The Morgan fingerprint density at radius 1 is 1.19 bits per heavy atom. The van der Waals surface area contributed by atoms with Crippen molar-refractivity contribution in [1.29, 1.82) is 0 Å². The van der Waals surface area contributed by atoms with E-state index >= 15 is 0 Å². The van der Waals surface area contributed by atoms with Crippen LogP contribution >= 0.6 is 0 Å². The fourth-order valence-corrected chi connectivity index (χ4v) is 2.63. The predicted octanol–water partition coefficient (Wildman–Crippen LogP) is 2.78. The first-order valence-corrected chi connectivity index (χ1v) is 6.14. The van der Waals surface area contributed by atoms with Crippen molar-refractivity contribution in [2.75, 3.05) is 0 Å². The number of hydrogen-bond acceptors (Lipinski definition) is 3. The van der Waals surface area contributed by atoms with E-state index in [9.17, 15) is 9.59 Å². The number of esters is 2. The summed E-state index contributed by atoms with van der Waals surface area (Å²) in [6.45, 7) is 8.66. The summed E-state index contributed by atoms with van der Waals surface area (Å²) in [6.07, 6.45) is 2.43. The minimum Gasteiger partial charge on any atom is -0.393 e. The Morgan fingerprint density at radius 2 is 1.81 bits per heavy atom. The fraction of sp³-hybridized carbons (Fsp3) is 0.846. The lowest BCUT2D eigenvalue weighted by atomic mass is 9.83. The van der Waals surface area contributed by atoms with Gasteiger partial charge in [0, 0.05) is 0 Å². The lowest BCUT2D eigenvalue weighted by Gasteiger charge is -2.20. The molecule has 3 atom stereocenters. The summed E-state index contributed by atoms with van der Waals surface area (Å²) in [5, 5.41) is 0. The highest BCUT2D eigenvalue weighted by Gasteiger charge is 2.37. The molecule has 1 rings (SSSR count). The van der Waals surface area contributed by atoms with Gasteiger partial charge in [-0.2, -0.15) is 0 Å². The van der Waals surface area contributed by atoms with E-state index in [1.165, 1.54) is 6.42 Å². The van der Waals surface area contributed by atoms with Crippen molar-refractivity contribution in [3.8, 4) is 0 Å². The van der Waals surface area contributed by atoms with Crippen LogP contribution in [0.25, 0.3) is 0 Å². The molecule has 0 saturated carbocycles. The van der Waals surface area contributed by atoms with E-state index in [4.69, 9.17) is 0 Å². The Bertz CT molecular complexity index is 270. The number of ether oxygens (including phenoxy) is 1. The first kappa shape index (κ1) is 13.2. The molecule has 1 fully saturated rings. The highest BCUT2D eigenvalue weighted by Crippen LogP contribution is 2.30. The van der Waals surface area contributed by atoms with Gasteiger partial charge in [-0.1, -0.05) is 27.7 Å². The van der Waals surface area contributed by atoms with E-state index in [2.05, 4.69) is 25.5 Å². The van der Waals surface area contributed by atoms with Crippen LogP contribution in [0.1, 0.15) is 47.0 Å². The van der Waals surface area contributed by atoms with Crippen LogP contribution < -0.4 is 0 Å². The Labute approximate surface area is 97.5 Å². The summed E-state index contributed by atoms with van der Waals surface area (Å²) < 4.78 is 4.58. The van der Waals surface area contributed by atoms with E-state index in [0.29, 0.717) is 11.8 Å². The van der Waals surface area contributed by atoms with Crippen LogP contribution in [0.15, 0.2) is 0 Å². The number of hydrogen-bond donors (Lipinski definition) is 0. The van der Waals surface area contributed by atoms with Crippen LogP contribution in [-0.4, -0.2) is 11.9 Å². The van der Waals surface area contributed by atoms with Gasteiger partial charge in [0.15, 0.2) is 0 Å². The summed E-state index contributed by atoms with van der Waals surface area (Å²) in [6, 6.07) is 0. The van der Waals surface area contributed by atoms with Gasteiger partial charge >= 0.3 is 11.9 Å². The number of cyclic esters (lactones) is 2. The predicted molar refractivity (Wildman–Crippen MR) is 61.6 cm³/mol.